The minimum Gasteiger partial charge on any atom is -0.446 e. The molecule has 0 bridgehead atoms. The van der Waals surface area contributed by atoms with Crippen molar-refractivity contribution in [2.75, 3.05) is 5.73 Å². The van der Waals surface area contributed by atoms with E-state index in [1.54, 1.807) is 0 Å². The highest BCUT2D eigenvalue weighted by atomic mass is 35.5. The van der Waals surface area contributed by atoms with Crippen LogP contribution in [0.25, 0.3) is 0 Å². The molecule has 2 aromatic heterocycles. The number of aryl methyl sites for hydroxylation is 1. The van der Waals surface area contributed by atoms with Crippen molar-refractivity contribution in [3.8, 4) is 17.6 Å². The van der Waals surface area contributed by atoms with Crippen LogP contribution >= 0.6 is 11.6 Å². The van der Waals surface area contributed by atoms with Crippen LogP contribution in [-0.2, 0) is 12.5 Å². The molecular formula is C19H12ClF5N6O3. The molecule has 0 aliphatic heterocycles. The number of alkyl halides is 4. The Hall–Kier alpha value is -3.99. The minimum atomic E-state index is -4.98. The van der Waals surface area contributed by atoms with E-state index in [4.69, 9.17) is 27.3 Å². The Bertz CT molecular complexity index is 1430. The van der Waals surface area contributed by atoms with Gasteiger partial charge in [-0.25, -0.2) is 23.1 Å². The number of H-pyrrole nitrogens is 1. The molecule has 0 atom stereocenters. The zero-order valence-corrected chi connectivity index (χ0v) is 17.6. The highest BCUT2D eigenvalue weighted by molar-refractivity contribution is 6.30. The van der Waals surface area contributed by atoms with Gasteiger partial charge in [0.25, 0.3) is 11.1 Å². The van der Waals surface area contributed by atoms with Crippen molar-refractivity contribution in [1.82, 2.24) is 19.5 Å². The third kappa shape index (κ3) is 4.55. The largest absolute Gasteiger partial charge is 0.446 e. The van der Waals surface area contributed by atoms with Crippen LogP contribution < -0.4 is 21.6 Å². The lowest BCUT2D eigenvalue weighted by Crippen LogP contribution is -2.33. The molecule has 3 rings (SSSR count). The SMILES string of the molecule is Cc1nc(N)c(Cn2cnc(C(F)(F)C(F)F)c(Oc3cc(Cl)cc(C#N)c3F)c2=O)c(=O)[nH]1. The molecular weight excluding hydrogens is 491 g/mol. The van der Waals surface area contributed by atoms with Gasteiger partial charge in [-0.2, -0.15) is 14.0 Å². The summed E-state index contributed by atoms with van der Waals surface area (Å²) in [5.41, 5.74) is 0.693. The number of nitrogens with zero attached hydrogens (tertiary/aromatic N) is 4. The summed E-state index contributed by atoms with van der Waals surface area (Å²) in [6.07, 6.45) is -3.84. The lowest BCUT2D eigenvalue weighted by Gasteiger charge is -2.19. The maximum Gasteiger partial charge on any atom is 0.352 e. The molecule has 34 heavy (non-hydrogen) atoms. The third-order valence-corrected chi connectivity index (χ3v) is 4.64. The number of anilines is 1. The standard InChI is InChI=1S/C19H12ClF5N6O3/c1-7-29-15(27)10(16(32)30-7)5-31-6-28-14(19(24,25)18(22)23)13(17(31)33)34-11-3-9(20)2-8(4-26)12(11)21/h2-3,6,18H,5H2,1H3,(H3,27,29,30,32). The van der Waals surface area contributed by atoms with Crippen molar-refractivity contribution in [2.24, 2.45) is 0 Å². The van der Waals surface area contributed by atoms with Crippen LogP contribution in [0.4, 0.5) is 27.8 Å². The highest BCUT2D eigenvalue weighted by Crippen LogP contribution is 2.39. The van der Waals surface area contributed by atoms with E-state index in [1.165, 1.54) is 13.0 Å². The molecule has 0 radical (unpaired) electrons. The molecule has 1 aromatic carbocycles. The lowest BCUT2D eigenvalue weighted by molar-refractivity contribution is -0.139. The van der Waals surface area contributed by atoms with E-state index in [2.05, 4.69) is 15.0 Å². The molecule has 0 spiro atoms. The topological polar surface area (TPSA) is 140 Å². The van der Waals surface area contributed by atoms with Crippen molar-refractivity contribution in [3.63, 3.8) is 0 Å². The summed E-state index contributed by atoms with van der Waals surface area (Å²) in [5.74, 6) is -8.97. The molecule has 15 heteroatoms. The van der Waals surface area contributed by atoms with Crippen LogP contribution in [-0.4, -0.2) is 25.9 Å². The first kappa shape index (κ1) is 24.6. The Morgan fingerprint density at radius 3 is 2.62 bits per heavy atom. The number of nitriles is 1. The van der Waals surface area contributed by atoms with Gasteiger partial charge in [-0.05, 0) is 13.0 Å². The van der Waals surface area contributed by atoms with Crippen molar-refractivity contribution in [3.05, 3.63) is 72.7 Å². The Labute approximate surface area is 191 Å². The second-order valence-electron chi connectivity index (χ2n) is 6.77. The van der Waals surface area contributed by atoms with E-state index in [1.807, 2.05) is 0 Å². The first-order chi connectivity index (χ1) is 15.9. The van der Waals surface area contributed by atoms with E-state index in [0.717, 1.165) is 12.1 Å². The van der Waals surface area contributed by atoms with Gasteiger partial charge in [0.1, 0.15) is 17.7 Å². The molecule has 0 unspecified atom stereocenters. The molecule has 9 nitrogen and oxygen atoms in total. The van der Waals surface area contributed by atoms with Crippen LogP contribution in [0.5, 0.6) is 11.5 Å². The van der Waals surface area contributed by atoms with Gasteiger partial charge in [0.05, 0.1) is 24.0 Å². The van der Waals surface area contributed by atoms with Crippen LogP contribution in [0.2, 0.25) is 5.02 Å². The summed E-state index contributed by atoms with van der Waals surface area (Å²) in [4.78, 5) is 34.4. The first-order valence-corrected chi connectivity index (χ1v) is 9.42. The average molecular weight is 503 g/mol. The van der Waals surface area contributed by atoms with E-state index in [-0.39, 0.29) is 22.2 Å². The number of nitrogens with two attached hydrogens (primary N) is 1. The van der Waals surface area contributed by atoms with Crippen LogP contribution in [0, 0.1) is 24.1 Å². The van der Waals surface area contributed by atoms with Gasteiger partial charge in [-0.3, -0.25) is 14.2 Å². The molecule has 3 N–H and O–H groups in total. The van der Waals surface area contributed by atoms with Gasteiger partial charge in [-0.1, -0.05) is 11.6 Å². The van der Waals surface area contributed by atoms with Gasteiger partial charge < -0.3 is 15.5 Å². The maximum absolute atomic E-state index is 14.5. The second-order valence-corrected chi connectivity index (χ2v) is 7.21. The number of aromatic amines is 1. The molecule has 0 saturated carbocycles. The zero-order valence-electron chi connectivity index (χ0n) is 16.9. The predicted octanol–water partition coefficient (Wildman–Crippen LogP) is 3.08. The molecule has 2 heterocycles. The number of ether oxygens (including phenoxy) is 1. The van der Waals surface area contributed by atoms with Gasteiger partial charge in [0.15, 0.2) is 17.3 Å². The van der Waals surface area contributed by atoms with Crippen LogP contribution in [0.15, 0.2) is 28.0 Å². The lowest BCUT2D eigenvalue weighted by atomic mass is 10.2. The number of nitrogen functional groups attached to an aromatic ring is 1. The predicted molar refractivity (Wildman–Crippen MR) is 108 cm³/mol. The fraction of sp³-hybridized carbons (Fsp3) is 0.211. The number of nitrogens with one attached hydrogen (secondary N) is 1. The summed E-state index contributed by atoms with van der Waals surface area (Å²) in [7, 11) is 0. The number of rotatable bonds is 6. The number of hydrogen-bond donors (Lipinski definition) is 2. The van der Waals surface area contributed by atoms with E-state index in [0.29, 0.717) is 10.9 Å². The molecule has 178 valence electrons. The monoisotopic (exact) mass is 502 g/mol. The van der Waals surface area contributed by atoms with Crippen molar-refractivity contribution in [1.29, 1.82) is 5.26 Å². The van der Waals surface area contributed by atoms with E-state index >= 15 is 0 Å². The van der Waals surface area contributed by atoms with Crippen molar-refractivity contribution < 1.29 is 26.7 Å². The molecule has 0 aliphatic rings. The number of hydrogen-bond acceptors (Lipinski definition) is 7. The fourth-order valence-corrected chi connectivity index (χ4v) is 3.01. The summed E-state index contributed by atoms with van der Waals surface area (Å²) in [6, 6.07) is 3.07. The minimum absolute atomic E-state index is 0.150. The Balaban J connectivity index is 2.23. The molecule has 0 aliphatic carbocycles. The van der Waals surface area contributed by atoms with Crippen molar-refractivity contribution in [2.45, 2.75) is 25.8 Å². The fourth-order valence-electron chi connectivity index (χ4n) is 2.80. The maximum atomic E-state index is 14.5. The van der Waals surface area contributed by atoms with Gasteiger partial charge >= 0.3 is 12.3 Å². The number of benzene rings is 1. The summed E-state index contributed by atoms with van der Waals surface area (Å²) >= 11 is 5.75. The summed E-state index contributed by atoms with van der Waals surface area (Å²) in [6.45, 7) is 0.760. The molecule has 3 aromatic rings. The van der Waals surface area contributed by atoms with E-state index in [9.17, 15) is 31.5 Å². The highest BCUT2D eigenvalue weighted by Gasteiger charge is 2.48. The quantitative estimate of drug-likeness (QED) is 0.494. The Kier molecular flexibility index (Phi) is 6.60. The van der Waals surface area contributed by atoms with Crippen LogP contribution in [0.3, 0.4) is 0 Å². The average Bonchev–Trinajstić information content (AvgIpc) is 2.74. The first-order valence-electron chi connectivity index (χ1n) is 9.05. The zero-order chi connectivity index (χ0) is 25.4. The Morgan fingerprint density at radius 1 is 1.35 bits per heavy atom. The van der Waals surface area contributed by atoms with Gasteiger partial charge in [0.2, 0.25) is 5.75 Å². The van der Waals surface area contributed by atoms with Crippen LogP contribution in [0.1, 0.15) is 22.6 Å². The van der Waals surface area contributed by atoms with Crippen molar-refractivity contribution >= 4 is 17.4 Å². The van der Waals surface area contributed by atoms with E-state index < -0.39 is 58.6 Å². The molecule has 0 saturated heterocycles. The summed E-state index contributed by atoms with van der Waals surface area (Å²) in [5, 5.41) is 8.70. The number of halogens is 6. The van der Waals surface area contributed by atoms with Gasteiger partial charge in [-0.15, -0.1) is 0 Å². The van der Waals surface area contributed by atoms with Gasteiger partial charge in [0, 0.05) is 11.1 Å². The normalized spacial score (nSPS) is 11.5. The Morgan fingerprint density at radius 2 is 2.03 bits per heavy atom. The molecule has 0 fully saturated rings. The smallest absolute Gasteiger partial charge is 0.352 e. The molecule has 0 amide bonds. The number of aromatic nitrogens is 4. The second kappa shape index (κ2) is 9.10. The third-order valence-electron chi connectivity index (χ3n) is 4.42. The summed E-state index contributed by atoms with van der Waals surface area (Å²) < 4.78 is 74.4.